The van der Waals surface area contributed by atoms with E-state index in [2.05, 4.69) is 10.0 Å². The van der Waals surface area contributed by atoms with E-state index in [4.69, 9.17) is 0 Å². The van der Waals surface area contributed by atoms with Crippen LogP contribution in [0, 0.1) is 0 Å². The van der Waals surface area contributed by atoms with Crippen LogP contribution in [0.25, 0.3) is 0 Å². The summed E-state index contributed by atoms with van der Waals surface area (Å²) in [5.41, 5.74) is 0. The molecule has 0 saturated heterocycles. The topological polar surface area (TPSA) is 58.2 Å². The van der Waals surface area contributed by atoms with Gasteiger partial charge in [-0.1, -0.05) is 0 Å². The molecular formula is C9H20N2O2S2. The van der Waals surface area contributed by atoms with Crippen LogP contribution in [-0.4, -0.2) is 45.3 Å². The SMILES string of the molecule is CNCCCS(=O)(=O)NCC1(SC)CC1. The lowest BCUT2D eigenvalue weighted by molar-refractivity contribution is 0.575. The number of thioether (sulfide) groups is 1. The first-order valence-electron chi connectivity index (χ1n) is 5.21. The zero-order valence-corrected chi connectivity index (χ0v) is 11.0. The molecule has 0 atom stereocenters. The van der Waals surface area contributed by atoms with Crippen LogP contribution < -0.4 is 10.0 Å². The molecule has 1 saturated carbocycles. The van der Waals surface area contributed by atoms with Crippen LogP contribution in [-0.2, 0) is 10.0 Å². The molecule has 2 N–H and O–H groups in total. The fourth-order valence-electron chi connectivity index (χ4n) is 1.35. The monoisotopic (exact) mass is 252 g/mol. The first-order valence-corrected chi connectivity index (χ1v) is 8.08. The Hall–Kier alpha value is 0.220. The Morgan fingerprint density at radius 2 is 2.07 bits per heavy atom. The Kier molecular flexibility index (Phi) is 4.89. The second-order valence-corrected chi connectivity index (χ2v) is 7.18. The van der Waals surface area contributed by atoms with Gasteiger partial charge >= 0.3 is 0 Å². The van der Waals surface area contributed by atoms with Gasteiger partial charge in [-0.2, -0.15) is 11.8 Å². The van der Waals surface area contributed by atoms with Gasteiger partial charge in [0.1, 0.15) is 0 Å². The summed E-state index contributed by atoms with van der Waals surface area (Å²) in [7, 11) is -1.23. The first-order chi connectivity index (χ1) is 7.04. The van der Waals surface area contributed by atoms with Gasteiger partial charge in [0.2, 0.25) is 10.0 Å². The molecule has 1 aliphatic carbocycles. The van der Waals surface area contributed by atoms with Crippen LogP contribution in [0.1, 0.15) is 19.3 Å². The van der Waals surface area contributed by atoms with Crippen molar-refractivity contribution in [2.24, 2.45) is 0 Å². The fourth-order valence-corrected chi connectivity index (χ4v) is 3.33. The summed E-state index contributed by atoms with van der Waals surface area (Å²) in [4.78, 5) is 0. The van der Waals surface area contributed by atoms with Gasteiger partial charge in [0.15, 0.2) is 0 Å². The van der Waals surface area contributed by atoms with Crippen molar-refractivity contribution >= 4 is 21.8 Å². The standard InChI is InChI=1S/C9H20N2O2S2/c1-10-6-3-7-15(12,13)11-8-9(14-2)4-5-9/h10-11H,3-8H2,1-2H3. The number of hydrogen-bond acceptors (Lipinski definition) is 4. The minimum atomic E-state index is -3.06. The zero-order valence-electron chi connectivity index (χ0n) is 9.38. The van der Waals surface area contributed by atoms with E-state index >= 15 is 0 Å². The van der Waals surface area contributed by atoms with Gasteiger partial charge in [0.05, 0.1) is 5.75 Å². The van der Waals surface area contributed by atoms with Crippen molar-refractivity contribution in [2.75, 3.05) is 32.1 Å². The third kappa shape index (κ3) is 4.72. The van der Waals surface area contributed by atoms with Crippen molar-refractivity contribution in [1.82, 2.24) is 10.0 Å². The molecule has 1 fully saturated rings. The van der Waals surface area contributed by atoms with Crippen molar-refractivity contribution in [1.29, 1.82) is 0 Å². The van der Waals surface area contributed by atoms with E-state index in [0.29, 0.717) is 13.0 Å². The molecule has 6 heteroatoms. The lowest BCUT2D eigenvalue weighted by atomic mass is 10.4. The van der Waals surface area contributed by atoms with Gasteiger partial charge in [0, 0.05) is 11.3 Å². The Balaban J connectivity index is 2.24. The van der Waals surface area contributed by atoms with Crippen molar-refractivity contribution in [3.8, 4) is 0 Å². The van der Waals surface area contributed by atoms with Crippen LogP contribution in [0.15, 0.2) is 0 Å². The highest BCUT2D eigenvalue weighted by Gasteiger charge is 2.42. The summed E-state index contributed by atoms with van der Waals surface area (Å²) < 4.78 is 26.0. The van der Waals surface area contributed by atoms with E-state index < -0.39 is 10.0 Å². The maximum atomic E-state index is 11.5. The van der Waals surface area contributed by atoms with Crippen LogP contribution >= 0.6 is 11.8 Å². The Morgan fingerprint density at radius 1 is 1.40 bits per heavy atom. The van der Waals surface area contributed by atoms with E-state index in [-0.39, 0.29) is 10.5 Å². The summed E-state index contributed by atoms with van der Waals surface area (Å²) in [6.07, 6.45) is 4.97. The van der Waals surface area contributed by atoms with E-state index in [9.17, 15) is 8.42 Å². The molecule has 1 rings (SSSR count). The largest absolute Gasteiger partial charge is 0.320 e. The lowest BCUT2D eigenvalue weighted by Crippen LogP contribution is -2.34. The quantitative estimate of drug-likeness (QED) is 0.614. The van der Waals surface area contributed by atoms with Crippen LogP contribution in [0.3, 0.4) is 0 Å². The van der Waals surface area contributed by atoms with E-state index in [1.54, 1.807) is 11.8 Å². The Labute approximate surface area is 96.6 Å². The van der Waals surface area contributed by atoms with Gasteiger partial charge in [-0.05, 0) is 39.1 Å². The average molecular weight is 252 g/mol. The van der Waals surface area contributed by atoms with Crippen molar-refractivity contribution in [3.05, 3.63) is 0 Å². The lowest BCUT2D eigenvalue weighted by Gasteiger charge is -2.13. The van der Waals surface area contributed by atoms with Crippen LogP contribution in [0.4, 0.5) is 0 Å². The molecular weight excluding hydrogens is 232 g/mol. The van der Waals surface area contributed by atoms with Crippen molar-refractivity contribution in [3.63, 3.8) is 0 Å². The third-order valence-electron chi connectivity index (χ3n) is 2.69. The number of nitrogens with one attached hydrogen (secondary N) is 2. The molecule has 0 aliphatic heterocycles. The maximum Gasteiger partial charge on any atom is 0.211 e. The second-order valence-electron chi connectivity index (χ2n) is 3.98. The molecule has 0 unspecified atom stereocenters. The van der Waals surface area contributed by atoms with Gasteiger partial charge in [0.25, 0.3) is 0 Å². The Bertz CT molecular complexity index is 286. The maximum absolute atomic E-state index is 11.5. The first kappa shape index (κ1) is 13.3. The van der Waals surface area contributed by atoms with Gasteiger partial charge < -0.3 is 5.32 Å². The molecule has 0 bridgehead atoms. The molecule has 0 radical (unpaired) electrons. The van der Waals surface area contributed by atoms with Crippen LogP contribution in [0.5, 0.6) is 0 Å². The molecule has 15 heavy (non-hydrogen) atoms. The predicted molar refractivity (Wildman–Crippen MR) is 65.8 cm³/mol. The van der Waals surface area contributed by atoms with E-state index in [0.717, 1.165) is 19.4 Å². The Morgan fingerprint density at radius 3 is 2.53 bits per heavy atom. The molecule has 0 aromatic carbocycles. The molecule has 0 spiro atoms. The third-order valence-corrected chi connectivity index (χ3v) is 5.52. The number of hydrogen-bond donors (Lipinski definition) is 2. The van der Waals surface area contributed by atoms with Gasteiger partial charge in [-0.3, -0.25) is 0 Å². The minimum Gasteiger partial charge on any atom is -0.320 e. The summed E-state index contributed by atoms with van der Waals surface area (Å²) >= 11 is 1.77. The van der Waals surface area contributed by atoms with Crippen molar-refractivity contribution in [2.45, 2.75) is 24.0 Å². The highest BCUT2D eigenvalue weighted by molar-refractivity contribution is 8.00. The summed E-state index contributed by atoms with van der Waals surface area (Å²) in [5, 5.41) is 2.94. The smallest absolute Gasteiger partial charge is 0.211 e. The van der Waals surface area contributed by atoms with Gasteiger partial charge in [-0.15, -0.1) is 0 Å². The normalized spacial score (nSPS) is 19.1. The molecule has 4 nitrogen and oxygen atoms in total. The van der Waals surface area contributed by atoms with Crippen LogP contribution in [0.2, 0.25) is 0 Å². The van der Waals surface area contributed by atoms with E-state index in [1.165, 1.54) is 0 Å². The second kappa shape index (κ2) is 5.52. The predicted octanol–water partition coefficient (Wildman–Crippen LogP) is 0.411. The van der Waals surface area contributed by atoms with E-state index in [1.807, 2.05) is 13.3 Å². The number of rotatable bonds is 8. The fraction of sp³-hybridized carbons (Fsp3) is 1.00. The number of sulfonamides is 1. The molecule has 0 amide bonds. The molecule has 90 valence electrons. The average Bonchev–Trinajstić information content (AvgIpc) is 2.96. The summed E-state index contributed by atoms with van der Waals surface area (Å²) in [6, 6.07) is 0. The van der Waals surface area contributed by atoms with Crippen molar-refractivity contribution < 1.29 is 8.42 Å². The highest BCUT2D eigenvalue weighted by Crippen LogP contribution is 2.46. The highest BCUT2D eigenvalue weighted by atomic mass is 32.2. The molecule has 0 aromatic rings. The minimum absolute atomic E-state index is 0.204. The molecule has 0 heterocycles. The summed E-state index contributed by atoms with van der Waals surface area (Å²) in [5.74, 6) is 0.221. The molecule has 1 aliphatic rings. The zero-order chi connectivity index (χ0) is 11.4. The summed E-state index contributed by atoms with van der Waals surface area (Å²) in [6.45, 7) is 1.34. The molecule has 0 aromatic heterocycles. The van der Waals surface area contributed by atoms with Gasteiger partial charge in [-0.25, -0.2) is 13.1 Å².